The highest BCUT2D eigenvalue weighted by Gasteiger charge is 2.14. The second-order valence-electron chi connectivity index (χ2n) is 7.02. The summed E-state index contributed by atoms with van der Waals surface area (Å²) in [5, 5.41) is 20.5. The SMILES string of the molecule is COc1cc(/C=C(\C#N)c2nc3ccccc3[nH]2)cc(Br)c1OCc1ccc([N+](=O)[O-])cc1. The Balaban J connectivity index is 1.59. The van der Waals surface area contributed by atoms with Crippen LogP contribution in [0, 0.1) is 21.4 Å². The monoisotopic (exact) mass is 504 g/mol. The summed E-state index contributed by atoms with van der Waals surface area (Å²) < 4.78 is 12.0. The van der Waals surface area contributed by atoms with Gasteiger partial charge < -0.3 is 14.5 Å². The van der Waals surface area contributed by atoms with Gasteiger partial charge in [0.15, 0.2) is 11.5 Å². The van der Waals surface area contributed by atoms with Crippen LogP contribution in [0.2, 0.25) is 0 Å². The minimum Gasteiger partial charge on any atom is -0.493 e. The highest BCUT2D eigenvalue weighted by atomic mass is 79.9. The van der Waals surface area contributed by atoms with Crippen LogP contribution in [0.25, 0.3) is 22.7 Å². The van der Waals surface area contributed by atoms with Crippen molar-refractivity contribution < 1.29 is 14.4 Å². The summed E-state index contributed by atoms with van der Waals surface area (Å²) >= 11 is 3.51. The fourth-order valence-corrected chi connectivity index (χ4v) is 3.81. The number of rotatable bonds is 7. The van der Waals surface area contributed by atoms with Crippen LogP contribution in [0.4, 0.5) is 5.69 Å². The fourth-order valence-electron chi connectivity index (χ4n) is 3.23. The van der Waals surface area contributed by atoms with Crippen LogP contribution >= 0.6 is 15.9 Å². The number of fused-ring (bicyclic) bond motifs is 1. The Morgan fingerprint density at radius 3 is 2.67 bits per heavy atom. The molecule has 0 fully saturated rings. The second-order valence-corrected chi connectivity index (χ2v) is 7.87. The summed E-state index contributed by atoms with van der Waals surface area (Å²) in [7, 11) is 1.53. The first-order valence-corrected chi connectivity index (χ1v) is 10.6. The van der Waals surface area contributed by atoms with Gasteiger partial charge in [-0.2, -0.15) is 5.26 Å². The van der Waals surface area contributed by atoms with E-state index in [9.17, 15) is 15.4 Å². The molecule has 0 aliphatic carbocycles. The molecule has 3 aromatic carbocycles. The van der Waals surface area contributed by atoms with Gasteiger partial charge in [0.2, 0.25) is 0 Å². The minimum atomic E-state index is -0.447. The lowest BCUT2D eigenvalue weighted by Gasteiger charge is -2.14. The zero-order valence-electron chi connectivity index (χ0n) is 17.4. The summed E-state index contributed by atoms with van der Waals surface area (Å²) in [5.74, 6) is 1.43. The van der Waals surface area contributed by atoms with Gasteiger partial charge in [0, 0.05) is 12.1 Å². The van der Waals surface area contributed by atoms with E-state index < -0.39 is 4.92 Å². The Hall–Kier alpha value is -4.16. The molecule has 0 aliphatic rings. The van der Waals surface area contributed by atoms with E-state index >= 15 is 0 Å². The summed E-state index contributed by atoms with van der Waals surface area (Å²) in [5.41, 5.74) is 3.52. The number of ether oxygens (including phenoxy) is 2. The summed E-state index contributed by atoms with van der Waals surface area (Å²) in [6.45, 7) is 0.199. The van der Waals surface area contributed by atoms with E-state index in [0.29, 0.717) is 27.4 Å². The Morgan fingerprint density at radius 2 is 2.00 bits per heavy atom. The van der Waals surface area contributed by atoms with Crippen molar-refractivity contribution in [2.75, 3.05) is 7.11 Å². The molecule has 1 aromatic heterocycles. The van der Waals surface area contributed by atoms with E-state index in [0.717, 1.165) is 22.2 Å². The number of para-hydroxylation sites is 2. The molecule has 0 saturated carbocycles. The first-order chi connectivity index (χ1) is 16.0. The van der Waals surface area contributed by atoms with Crippen LogP contribution < -0.4 is 9.47 Å². The number of benzene rings is 3. The van der Waals surface area contributed by atoms with Crippen LogP contribution in [0.3, 0.4) is 0 Å². The number of aromatic nitrogens is 2. The maximum absolute atomic E-state index is 10.8. The van der Waals surface area contributed by atoms with Crippen LogP contribution in [-0.4, -0.2) is 22.0 Å². The van der Waals surface area contributed by atoms with Crippen molar-refractivity contribution in [1.82, 2.24) is 9.97 Å². The largest absolute Gasteiger partial charge is 0.493 e. The number of nitro groups is 1. The van der Waals surface area contributed by atoms with E-state index in [1.54, 1.807) is 24.3 Å². The molecule has 8 nitrogen and oxygen atoms in total. The Kier molecular flexibility index (Phi) is 6.38. The highest BCUT2D eigenvalue weighted by molar-refractivity contribution is 9.10. The van der Waals surface area contributed by atoms with E-state index in [1.165, 1.54) is 19.2 Å². The number of halogens is 1. The summed E-state index contributed by atoms with van der Waals surface area (Å²) in [6, 6.07) is 19.5. The molecule has 0 saturated heterocycles. The van der Waals surface area contributed by atoms with E-state index in [2.05, 4.69) is 32.0 Å². The van der Waals surface area contributed by atoms with Crippen LogP contribution in [0.5, 0.6) is 11.5 Å². The molecule has 9 heteroatoms. The molecule has 0 bridgehead atoms. The van der Waals surface area contributed by atoms with Crippen molar-refractivity contribution in [3.8, 4) is 17.6 Å². The number of H-pyrrole nitrogens is 1. The fraction of sp³-hybridized carbons (Fsp3) is 0.0833. The molecule has 0 radical (unpaired) electrons. The van der Waals surface area contributed by atoms with E-state index in [4.69, 9.17) is 9.47 Å². The van der Waals surface area contributed by atoms with E-state index in [-0.39, 0.29) is 12.3 Å². The topological polar surface area (TPSA) is 114 Å². The smallest absolute Gasteiger partial charge is 0.269 e. The summed E-state index contributed by atoms with van der Waals surface area (Å²) in [4.78, 5) is 18.0. The number of imidazole rings is 1. The van der Waals surface area contributed by atoms with E-state index in [1.807, 2.05) is 30.3 Å². The lowest BCUT2D eigenvalue weighted by molar-refractivity contribution is -0.384. The number of non-ortho nitro benzene ring substituents is 1. The quantitative estimate of drug-likeness (QED) is 0.191. The van der Waals surface area contributed by atoms with Crippen molar-refractivity contribution in [3.05, 3.63) is 92.2 Å². The van der Waals surface area contributed by atoms with Gasteiger partial charge in [-0.3, -0.25) is 10.1 Å². The molecule has 164 valence electrons. The molecule has 0 unspecified atom stereocenters. The van der Waals surface area contributed by atoms with Crippen LogP contribution in [0.1, 0.15) is 17.0 Å². The number of allylic oxidation sites excluding steroid dienone is 1. The molecule has 0 atom stereocenters. The average Bonchev–Trinajstić information content (AvgIpc) is 3.26. The zero-order chi connectivity index (χ0) is 23.4. The number of hydrogen-bond acceptors (Lipinski definition) is 6. The Bertz CT molecular complexity index is 1370. The predicted octanol–water partition coefficient (Wildman–Crippen LogP) is 5.89. The molecule has 1 heterocycles. The lowest BCUT2D eigenvalue weighted by atomic mass is 10.1. The molecule has 0 aliphatic heterocycles. The number of nitriles is 1. The number of methoxy groups -OCH3 is 1. The third kappa shape index (κ3) is 4.86. The van der Waals surface area contributed by atoms with Crippen molar-refractivity contribution in [2.24, 2.45) is 0 Å². The van der Waals surface area contributed by atoms with Crippen LogP contribution in [0.15, 0.2) is 65.1 Å². The van der Waals surface area contributed by atoms with Crippen LogP contribution in [-0.2, 0) is 6.61 Å². The van der Waals surface area contributed by atoms with Gasteiger partial charge in [-0.1, -0.05) is 12.1 Å². The lowest BCUT2D eigenvalue weighted by Crippen LogP contribution is -1.99. The molecule has 0 amide bonds. The van der Waals surface area contributed by atoms with Gasteiger partial charge in [0.25, 0.3) is 5.69 Å². The Labute approximate surface area is 197 Å². The zero-order valence-corrected chi connectivity index (χ0v) is 19.0. The van der Waals surface area contributed by atoms with Gasteiger partial charge in [0.1, 0.15) is 18.5 Å². The predicted molar refractivity (Wildman–Crippen MR) is 128 cm³/mol. The highest BCUT2D eigenvalue weighted by Crippen LogP contribution is 2.38. The van der Waals surface area contributed by atoms with Crippen molar-refractivity contribution >= 4 is 44.3 Å². The normalized spacial score (nSPS) is 11.2. The van der Waals surface area contributed by atoms with Gasteiger partial charge in [-0.05, 0) is 69.5 Å². The molecule has 1 N–H and O–H groups in total. The Morgan fingerprint density at radius 1 is 1.24 bits per heavy atom. The number of hydrogen-bond donors (Lipinski definition) is 1. The van der Waals surface area contributed by atoms with Gasteiger partial charge in [0.05, 0.1) is 33.1 Å². The molecular weight excluding hydrogens is 488 g/mol. The minimum absolute atomic E-state index is 0.0198. The maximum Gasteiger partial charge on any atom is 0.269 e. The van der Waals surface area contributed by atoms with Gasteiger partial charge >= 0.3 is 0 Å². The number of nitro benzene ring substituents is 1. The van der Waals surface area contributed by atoms with Crippen molar-refractivity contribution in [3.63, 3.8) is 0 Å². The third-order valence-corrected chi connectivity index (χ3v) is 5.45. The third-order valence-electron chi connectivity index (χ3n) is 4.86. The molecule has 0 spiro atoms. The molecular formula is C24H17BrN4O4. The summed E-state index contributed by atoms with van der Waals surface area (Å²) in [6.07, 6.45) is 1.71. The number of nitrogens with zero attached hydrogens (tertiary/aromatic N) is 3. The van der Waals surface area contributed by atoms with Crippen molar-refractivity contribution in [2.45, 2.75) is 6.61 Å². The maximum atomic E-state index is 10.8. The first-order valence-electron chi connectivity index (χ1n) is 9.79. The van der Waals surface area contributed by atoms with Gasteiger partial charge in [-0.15, -0.1) is 0 Å². The number of nitrogens with one attached hydrogen (secondary N) is 1. The first kappa shape index (κ1) is 22.0. The molecule has 4 aromatic rings. The molecule has 4 rings (SSSR count). The second kappa shape index (κ2) is 9.54. The van der Waals surface area contributed by atoms with Crippen molar-refractivity contribution in [1.29, 1.82) is 5.26 Å². The molecule has 33 heavy (non-hydrogen) atoms. The number of aromatic amines is 1. The standard InChI is InChI=1S/C24H17BrN4O4/c1-32-22-12-16(10-17(13-26)24-27-20-4-2-3-5-21(20)28-24)11-19(25)23(22)33-14-15-6-8-18(9-7-15)29(30)31/h2-12H,14H2,1H3,(H,27,28)/b17-10+. The average molecular weight is 505 g/mol. The van der Waals surface area contributed by atoms with Gasteiger partial charge in [-0.25, -0.2) is 4.98 Å².